The first-order chi connectivity index (χ1) is 22.3. The standard InChI is InChI=1S/C42H27N3/c1-3-13-28(14-4-1)43-37-20-10-7-17-31(37)34-24-23-30(25-40(34)43)45-39-22-12-9-19-33(39)36-26-41-35(27-42(36)45)32-18-8-11-21-38(32)44(41)29-15-5-2-6-16-29/h1-27H. The van der Waals surface area contributed by atoms with Crippen LogP contribution in [0.1, 0.15) is 0 Å². The molecule has 0 fully saturated rings. The number of benzene rings is 7. The summed E-state index contributed by atoms with van der Waals surface area (Å²) >= 11 is 0. The fourth-order valence-corrected chi connectivity index (χ4v) is 7.52. The predicted molar refractivity (Wildman–Crippen MR) is 189 cm³/mol. The summed E-state index contributed by atoms with van der Waals surface area (Å²) in [5.41, 5.74) is 10.8. The second kappa shape index (κ2) is 9.22. The second-order valence-electron chi connectivity index (χ2n) is 11.8. The molecule has 0 radical (unpaired) electrons. The molecule has 10 aromatic rings. The van der Waals surface area contributed by atoms with Crippen LogP contribution < -0.4 is 0 Å². The van der Waals surface area contributed by atoms with E-state index in [1.165, 1.54) is 76.8 Å². The van der Waals surface area contributed by atoms with Gasteiger partial charge in [-0.15, -0.1) is 0 Å². The van der Waals surface area contributed by atoms with E-state index in [2.05, 4.69) is 177 Å². The van der Waals surface area contributed by atoms with Gasteiger partial charge in [-0.3, -0.25) is 0 Å². The highest BCUT2D eigenvalue weighted by atomic mass is 15.0. The van der Waals surface area contributed by atoms with E-state index in [0.717, 1.165) is 5.69 Å². The summed E-state index contributed by atoms with van der Waals surface area (Å²) in [4.78, 5) is 0. The molecular formula is C42H27N3. The zero-order valence-corrected chi connectivity index (χ0v) is 24.4. The molecule has 0 saturated carbocycles. The molecule has 210 valence electrons. The molecule has 0 amide bonds. The molecule has 3 heteroatoms. The monoisotopic (exact) mass is 573 g/mol. The summed E-state index contributed by atoms with van der Waals surface area (Å²) in [7, 11) is 0. The average Bonchev–Trinajstić information content (AvgIpc) is 3.73. The van der Waals surface area contributed by atoms with Crippen LogP contribution in [0.5, 0.6) is 0 Å². The van der Waals surface area contributed by atoms with E-state index in [1.807, 2.05) is 0 Å². The van der Waals surface area contributed by atoms with Gasteiger partial charge in [0.1, 0.15) is 0 Å². The molecule has 0 spiro atoms. The molecule has 0 atom stereocenters. The Hall–Kier alpha value is -6.06. The van der Waals surface area contributed by atoms with Gasteiger partial charge in [0.25, 0.3) is 0 Å². The lowest BCUT2D eigenvalue weighted by molar-refractivity contribution is 1.15. The van der Waals surface area contributed by atoms with Crippen molar-refractivity contribution in [3.8, 4) is 17.1 Å². The van der Waals surface area contributed by atoms with Gasteiger partial charge in [-0.25, -0.2) is 0 Å². The van der Waals surface area contributed by atoms with Crippen LogP contribution in [0.2, 0.25) is 0 Å². The van der Waals surface area contributed by atoms with Gasteiger partial charge in [0.2, 0.25) is 0 Å². The minimum absolute atomic E-state index is 1.15. The van der Waals surface area contributed by atoms with Gasteiger partial charge < -0.3 is 13.7 Å². The average molecular weight is 574 g/mol. The number of para-hydroxylation sites is 5. The van der Waals surface area contributed by atoms with Crippen molar-refractivity contribution < 1.29 is 0 Å². The number of hydrogen-bond donors (Lipinski definition) is 0. The Morgan fingerprint density at radius 3 is 1.07 bits per heavy atom. The van der Waals surface area contributed by atoms with Gasteiger partial charge in [-0.2, -0.15) is 0 Å². The fourth-order valence-electron chi connectivity index (χ4n) is 7.52. The third-order valence-corrected chi connectivity index (χ3v) is 9.41. The Kier molecular flexibility index (Phi) is 5.00. The highest BCUT2D eigenvalue weighted by Gasteiger charge is 2.19. The smallest absolute Gasteiger partial charge is 0.0561 e. The molecule has 0 aliphatic rings. The highest BCUT2D eigenvalue weighted by molar-refractivity contribution is 6.19. The van der Waals surface area contributed by atoms with E-state index in [0.29, 0.717) is 0 Å². The van der Waals surface area contributed by atoms with E-state index in [4.69, 9.17) is 0 Å². The first-order valence-corrected chi connectivity index (χ1v) is 15.5. The first-order valence-electron chi connectivity index (χ1n) is 15.5. The van der Waals surface area contributed by atoms with E-state index in [-0.39, 0.29) is 0 Å². The summed E-state index contributed by atoms with van der Waals surface area (Å²) in [6, 6.07) is 59.4. The van der Waals surface area contributed by atoms with Crippen LogP contribution in [0.3, 0.4) is 0 Å². The number of nitrogens with zero attached hydrogens (tertiary/aromatic N) is 3. The number of fused-ring (bicyclic) bond motifs is 9. The minimum atomic E-state index is 1.15. The first kappa shape index (κ1) is 24.4. The molecule has 0 N–H and O–H groups in total. The molecule has 0 aliphatic carbocycles. The third-order valence-electron chi connectivity index (χ3n) is 9.41. The molecule has 7 aromatic carbocycles. The van der Waals surface area contributed by atoms with Gasteiger partial charge in [0, 0.05) is 49.4 Å². The van der Waals surface area contributed by atoms with Crippen LogP contribution in [-0.4, -0.2) is 13.7 Å². The van der Waals surface area contributed by atoms with Gasteiger partial charge in [0.05, 0.1) is 33.1 Å². The Labute approximate surface area is 259 Å². The molecular weight excluding hydrogens is 546 g/mol. The summed E-state index contributed by atoms with van der Waals surface area (Å²) in [6.45, 7) is 0. The van der Waals surface area contributed by atoms with Crippen molar-refractivity contribution >= 4 is 65.4 Å². The molecule has 45 heavy (non-hydrogen) atoms. The SMILES string of the molecule is c1ccc(-n2c3ccccc3c3ccc(-n4c5ccccc5c5cc6c(cc54)c4ccccc4n6-c4ccccc4)cc32)cc1. The van der Waals surface area contributed by atoms with Crippen molar-refractivity contribution in [2.45, 2.75) is 0 Å². The van der Waals surface area contributed by atoms with E-state index < -0.39 is 0 Å². The van der Waals surface area contributed by atoms with Gasteiger partial charge in [-0.1, -0.05) is 97.1 Å². The molecule has 0 saturated heterocycles. The Bertz CT molecular complexity index is 2740. The van der Waals surface area contributed by atoms with Crippen molar-refractivity contribution in [1.29, 1.82) is 0 Å². The van der Waals surface area contributed by atoms with Crippen molar-refractivity contribution in [3.05, 3.63) is 164 Å². The quantitative estimate of drug-likeness (QED) is 0.200. The molecule has 0 bridgehead atoms. The topological polar surface area (TPSA) is 14.8 Å². The van der Waals surface area contributed by atoms with Crippen molar-refractivity contribution in [3.63, 3.8) is 0 Å². The summed E-state index contributed by atoms with van der Waals surface area (Å²) < 4.78 is 7.25. The predicted octanol–water partition coefficient (Wildman–Crippen LogP) is 11.0. The Morgan fingerprint density at radius 2 is 0.578 bits per heavy atom. The van der Waals surface area contributed by atoms with E-state index in [1.54, 1.807) is 0 Å². The number of aromatic nitrogens is 3. The van der Waals surface area contributed by atoms with Crippen LogP contribution in [0.25, 0.3) is 82.5 Å². The van der Waals surface area contributed by atoms with Crippen LogP contribution in [0, 0.1) is 0 Å². The number of rotatable bonds is 3. The second-order valence-corrected chi connectivity index (χ2v) is 11.8. The van der Waals surface area contributed by atoms with Crippen LogP contribution >= 0.6 is 0 Å². The van der Waals surface area contributed by atoms with E-state index >= 15 is 0 Å². The molecule has 3 nitrogen and oxygen atoms in total. The summed E-state index contributed by atoms with van der Waals surface area (Å²) in [5.74, 6) is 0. The Balaban J connectivity index is 1.33. The lowest BCUT2D eigenvalue weighted by atomic mass is 10.1. The molecule has 3 heterocycles. The molecule has 0 unspecified atom stereocenters. The van der Waals surface area contributed by atoms with Crippen molar-refractivity contribution in [2.24, 2.45) is 0 Å². The lowest BCUT2D eigenvalue weighted by Gasteiger charge is -2.11. The van der Waals surface area contributed by atoms with Crippen molar-refractivity contribution in [1.82, 2.24) is 13.7 Å². The van der Waals surface area contributed by atoms with E-state index in [9.17, 15) is 0 Å². The zero-order valence-electron chi connectivity index (χ0n) is 24.4. The summed E-state index contributed by atoms with van der Waals surface area (Å²) in [5, 5.41) is 7.54. The minimum Gasteiger partial charge on any atom is -0.309 e. The zero-order chi connectivity index (χ0) is 29.5. The van der Waals surface area contributed by atoms with Crippen LogP contribution in [-0.2, 0) is 0 Å². The van der Waals surface area contributed by atoms with Crippen molar-refractivity contribution in [2.75, 3.05) is 0 Å². The molecule has 10 rings (SSSR count). The maximum Gasteiger partial charge on any atom is 0.0561 e. The Morgan fingerprint density at radius 1 is 0.222 bits per heavy atom. The van der Waals surface area contributed by atoms with Gasteiger partial charge in [0.15, 0.2) is 0 Å². The highest BCUT2D eigenvalue weighted by Crippen LogP contribution is 2.40. The molecule has 0 aliphatic heterocycles. The maximum absolute atomic E-state index is 2.45. The van der Waals surface area contributed by atoms with Gasteiger partial charge in [-0.05, 0) is 66.7 Å². The maximum atomic E-state index is 2.45. The van der Waals surface area contributed by atoms with Crippen LogP contribution in [0.15, 0.2) is 164 Å². The fraction of sp³-hybridized carbons (Fsp3) is 0. The molecule has 3 aromatic heterocycles. The third kappa shape index (κ3) is 3.41. The van der Waals surface area contributed by atoms with Gasteiger partial charge >= 0.3 is 0 Å². The number of hydrogen-bond acceptors (Lipinski definition) is 0. The largest absolute Gasteiger partial charge is 0.309 e. The van der Waals surface area contributed by atoms with Crippen LogP contribution in [0.4, 0.5) is 0 Å². The lowest BCUT2D eigenvalue weighted by Crippen LogP contribution is -1.97. The normalized spacial score (nSPS) is 12.0. The summed E-state index contributed by atoms with van der Waals surface area (Å²) in [6.07, 6.45) is 0.